The van der Waals surface area contributed by atoms with Crippen molar-refractivity contribution in [2.75, 3.05) is 13.2 Å². The smallest absolute Gasteiger partial charge is 0.0594 e. The molecule has 0 saturated carbocycles. The maximum absolute atomic E-state index is 6.09. The lowest BCUT2D eigenvalue weighted by molar-refractivity contribution is 0.0807. The van der Waals surface area contributed by atoms with Crippen molar-refractivity contribution < 1.29 is 4.74 Å². The molecule has 0 amide bonds. The van der Waals surface area contributed by atoms with E-state index in [1.54, 1.807) is 0 Å². The summed E-state index contributed by atoms with van der Waals surface area (Å²) in [5, 5.41) is 4.08. The maximum atomic E-state index is 6.09. The van der Waals surface area contributed by atoms with Crippen molar-refractivity contribution in [2.24, 2.45) is 0 Å². The van der Waals surface area contributed by atoms with Crippen molar-refractivity contribution in [2.45, 2.75) is 26.5 Å². The van der Waals surface area contributed by atoms with Gasteiger partial charge in [0.25, 0.3) is 0 Å². The molecule has 0 aliphatic carbocycles. The van der Waals surface area contributed by atoms with Gasteiger partial charge in [0.15, 0.2) is 0 Å². The van der Waals surface area contributed by atoms with Crippen LogP contribution in [-0.2, 0) is 11.3 Å². The monoisotopic (exact) mass is 305 g/mol. The molecule has 16 heavy (non-hydrogen) atoms. The largest absolute Gasteiger partial charge is 0.377 e. The number of rotatable bonds is 6. The van der Waals surface area contributed by atoms with Gasteiger partial charge in [0.2, 0.25) is 0 Å². The van der Waals surface area contributed by atoms with E-state index in [1.165, 1.54) is 0 Å². The Labute approximate surface area is 110 Å². The Bertz CT molecular complexity index is 331. The van der Waals surface area contributed by atoms with E-state index < -0.39 is 0 Å². The number of halogens is 2. The molecule has 0 fully saturated rings. The first-order valence-corrected chi connectivity index (χ1v) is 6.53. The van der Waals surface area contributed by atoms with Crippen molar-refractivity contribution >= 4 is 27.5 Å². The van der Waals surface area contributed by atoms with Crippen molar-refractivity contribution in [1.82, 2.24) is 5.32 Å². The molecule has 0 aliphatic heterocycles. The zero-order valence-electron chi connectivity index (χ0n) is 9.59. The van der Waals surface area contributed by atoms with Crippen LogP contribution in [-0.4, -0.2) is 19.3 Å². The average molecular weight is 307 g/mol. The molecule has 2 nitrogen and oxygen atoms in total. The fraction of sp³-hybridized carbons (Fsp3) is 0.500. The Balaban J connectivity index is 2.27. The summed E-state index contributed by atoms with van der Waals surface area (Å²) in [4.78, 5) is 0. The SMILES string of the molecule is CC(C)OCCNCc1ccc(Br)cc1Cl. The summed E-state index contributed by atoms with van der Waals surface area (Å²) in [7, 11) is 0. The molecule has 0 spiro atoms. The number of hydrogen-bond donors (Lipinski definition) is 1. The van der Waals surface area contributed by atoms with Crippen LogP contribution >= 0.6 is 27.5 Å². The highest BCUT2D eigenvalue weighted by Gasteiger charge is 2.00. The number of nitrogens with one attached hydrogen (secondary N) is 1. The summed E-state index contributed by atoms with van der Waals surface area (Å²) in [6.07, 6.45) is 0.290. The molecule has 1 aromatic carbocycles. The van der Waals surface area contributed by atoms with Crippen molar-refractivity contribution in [3.63, 3.8) is 0 Å². The van der Waals surface area contributed by atoms with Gasteiger partial charge >= 0.3 is 0 Å². The van der Waals surface area contributed by atoms with Crippen LogP contribution in [0.2, 0.25) is 5.02 Å². The summed E-state index contributed by atoms with van der Waals surface area (Å²) in [5.41, 5.74) is 1.11. The fourth-order valence-electron chi connectivity index (χ4n) is 1.25. The molecule has 0 aromatic heterocycles. The minimum absolute atomic E-state index is 0.290. The van der Waals surface area contributed by atoms with Crippen molar-refractivity contribution in [3.05, 3.63) is 33.3 Å². The highest BCUT2D eigenvalue weighted by atomic mass is 79.9. The second-order valence-electron chi connectivity index (χ2n) is 3.83. The normalized spacial score (nSPS) is 11.1. The van der Waals surface area contributed by atoms with E-state index in [-0.39, 0.29) is 6.10 Å². The minimum atomic E-state index is 0.290. The van der Waals surface area contributed by atoms with Crippen molar-refractivity contribution in [3.8, 4) is 0 Å². The average Bonchev–Trinajstić information content (AvgIpc) is 2.20. The quantitative estimate of drug-likeness (QED) is 0.811. The molecule has 0 saturated heterocycles. The van der Waals surface area contributed by atoms with E-state index in [2.05, 4.69) is 21.2 Å². The van der Waals surface area contributed by atoms with Crippen molar-refractivity contribution in [1.29, 1.82) is 0 Å². The molecule has 1 rings (SSSR count). The van der Waals surface area contributed by atoms with Gasteiger partial charge in [-0.1, -0.05) is 33.6 Å². The number of benzene rings is 1. The zero-order chi connectivity index (χ0) is 12.0. The molecule has 0 aliphatic rings. The Hall–Kier alpha value is -0.0900. The third-order valence-electron chi connectivity index (χ3n) is 2.06. The molecule has 90 valence electrons. The Kier molecular flexibility index (Phi) is 6.36. The Morgan fingerprint density at radius 1 is 1.44 bits per heavy atom. The van der Waals surface area contributed by atoms with Crippen LogP contribution < -0.4 is 5.32 Å². The summed E-state index contributed by atoms with van der Waals surface area (Å²) in [5.74, 6) is 0. The molecular formula is C12H17BrClNO. The zero-order valence-corrected chi connectivity index (χ0v) is 11.9. The van der Waals surface area contributed by atoms with Gasteiger partial charge in [-0.3, -0.25) is 0 Å². The van der Waals surface area contributed by atoms with E-state index >= 15 is 0 Å². The van der Waals surface area contributed by atoms with E-state index in [1.807, 2.05) is 32.0 Å². The van der Waals surface area contributed by atoms with Gasteiger partial charge in [-0.05, 0) is 31.5 Å². The predicted molar refractivity (Wildman–Crippen MR) is 71.9 cm³/mol. The van der Waals surface area contributed by atoms with E-state index in [4.69, 9.17) is 16.3 Å². The topological polar surface area (TPSA) is 21.3 Å². The lowest BCUT2D eigenvalue weighted by atomic mass is 10.2. The van der Waals surface area contributed by atoms with Crippen LogP contribution in [0.4, 0.5) is 0 Å². The van der Waals surface area contributed by atoms with Crippen LogP contribution in [0.1, 0.15) is 19.4 Å². The van der Waals surface area contributed by atoms with Gasteiger partial charge in [0.1, 0.15) is 0 Å². The summed E-state index contributed by atoms with van der Waals surface area (Å²) < 4.78 is 6.43. The maximum Gasteiger partial charge on any atom is 0.0594 e. The first-order valence-electron chi connectivity index (χ1n) is 5.36. The summed E-state index contributed by atoms with van der Waals surface area (Å²) in [6.45, 7) is 6.40. The van der Waals surface area contributed by atoms with Gasteiger partial charge < -0.3 is 10.1 Å². The third-order valence-corrected chi connectivity index (χ3v) is 2.91. The molecule has 0 unspecified atom stereocenters. The first-order chi connectivity index (χ1) is 7.59. The van der Waals surface area contributed by atoms with Gasteiger partial charge in [0.05, 0.1) is 12.7 Å². The molecule has 1 N–H and O–H groups in total. The lowest BCUT2D eigenvalue weighted by Gasteiger charge is -2.09. The van der Waals surface area contributed by atoms with Crippen LogP contribution in [0.3, 0.4) is 0 Å². The fourth-order valence-corrected chi connectivity index (χ4v) is 2.00. The van der Waals surface area contributed by atoms with Crippen LogP contribution in [0.25, 0.3) is 0 Å². The Morgan fingerprint density at radius 2 is 2.19 bits per heavy atom. The van der Waals surface area contributed by atoms with Crippen LogP contribution in [0.15, 0.2) is 22.7 Å². The second-order valence-corrected chi connectivity index (χ2v) is 5.15. The van der Waals surface area contributed by atoms with Crippen LogP contribution in [0, 0.1) is 0 Å². The lowest BCUT2D eigenvalue weighted by Crippen LogP contribution is -2.21. The predicted octanol–water partition coefficient (Wildman–Crippen LogP) is 3.62. The first kappa shape index (κ1) is 14.0. The van der Waals surface area contributed by atoms with Gasteiger partial charge in [-0.25, -0.2) is 0 Å². The van der Waals surface area contributed by atoms with Gasteiger partial charge in [-0.15, -0.1) is 0 Å². The highest BCUT2D eigenvalue weighted by Crippen LogP contribution is 2.20. The molecule has 0 bridgehead atoms. The molecular weight excluding hydrogens is 289 g/mol. The minimum Gasteiger partial charge on any atom is -0.377 e. The molecule has 0 heterocycles. The standard InChI is InChI=1S/C12H17BrClNO/c1-9(2)16-6-5-15-8-10-3-4-11(13)7-12(10)14/h3-4,7,9,15H,5-6,8H2,1-2H3. The van der Waals surface area contributed by atoms with Gasteiger partial charge in [0, 0.05) is 22.6 Å². The summed E-state index contributed by atoms with van der Waals surface area (Å²) >= 11 is 9.47. The molecule has 4 heteroatoms. The number of ether oxygens (including phenoxy) is 1. The van der Waals surface area contributed by atoms with Gasteiger partial charge in [-0.2, -0.15) is 0 Å². The third kappa shape index (κ3) is 5.30. The second kappa shape index (κ2) is 7.28. The van der Waals surface area contributed by atoms with Crippen LogP contribution in [0.5, 0.6) is 0 Å². The Morgan fingerprint density at radius 3 is 2.81 bits per heavy atom. The molecule has 0 atom stereocenters. The summed E-state index contributed by atoms with van der Waals surface area (Å²) in [6, 6.07) is 5.92. The molecule has 0 radical (unpaired) electrons. The molecule has 1 aromatic rings. The van der Waals surface area contributed by atoms with E-state index in [0.29, 0.717) is 0 Å². The van der Waals surface area contributed by atoms with E-state index in [0.717, 1.165) is 34.8 Å². The van der Waals surface area contributed by atoms with E-state index in [9.17, 15) is 0 Å². The highest BCUT2D eigenvalue weighted by molar-refractivity contribution is 9.10. The number of hydrogen-bond acceptors (Lipinski definition) is 2.